The summed E-state index contributed by atoms with van der Waals surface area (Å²) >= 11 is 0. The van der Waals surface area contributed by atoms with Crippen LogP contribution < -0.4 is 21.1 Å². The van der Waals surface area contributed by atoms with Crippen LogP contribution in [0.3, 0.4) is 0 Å². The van der Waals surface area contributed by atoms with Gasteiger partial charge in [0.25, 0.3) is 12.0 Å². The molecular weight excluding hydrogens is 540 g/mol. The lowest BCUT2D eigenvalue weighted by atomic mass is 10.2. The van der Waals surface area contributed by atoms with Crippen LogP contribution in [0.25, 0.3) is 16.9 Å². The fraction of sp³-hybridized carbons (Fsp3) is 0.308. The fourth-order valence-corrected chi connectivity index (χ4v) is 5.03. The summed E-state index contributed by atoms with van der Waals surface area (Å²) in [6.07, 6.45) is 3.64. The average molecular weight is 570 g/mol. The van der Waals surface area contributed by atoms with E-state index in [4.69, 9.17) is 0 Å². The normalized spacial score (nSPS) is 15.9. The van der Waals surface area contributed by atoms with Crippen molar-refractivity contribution in [3.05, 3.63) is 71.7 Å². The molecule has 1 unspecified atom stereocenters. The SMILES string of the molecule is C=CCn1c(=O)c2cnc(Nc3ccc(N4CCNC(C(F)F)C4)cc3)nc2n1-c1cccc(N=S(C)(C)=O)n1. The van der Waals surface area contributed by atoms with Crippen LogP contribution in [0.4, 0.5) is 31.9 Å². The highest BCUT2D eigenvalue weighted by Crippen LogP contribution is 2.23. The number of fused-ring (bicyclic) bond motifs is 1. The molecule has 3 aromatic heterocycles. The molecule has 1 aromatic carbocycles. The van der Waals surface area contributed by atoms with Gasteiger partial charge in [-0.3, -0.25) is 4.79 Å². The maximum absolute atomic E-state index is 13.2. The van der Waals surface area contributed by atoms with Crippen LogP contribution in [0.2, 0.25) is 0 Å². The molecule has 1 aliphatic rings. The molecule has 0 bridgehead atoms. The zero-order valence-corrected chi connectivity index (χ0v) is 22.8. The third-order valence-electron chi connectivity index (χ3n) is 6.23. The van der Waals surface area contributed by atoms with Crippen LogP contribution in [0.1, 0.15) is 0 Å². The molecule has 4 aromatic rings. The Labute approximate surface area is 229 Å². The van der Waals surface area contributed by atoms with Crippen molar-refractivity contribution < 1.29 is 13.0 Å². The van der Waals surface area contributed by atoms with Gasteiger partial charge in [0, 0.05) is 59.4 Å². The van der Waals surface area contributed by atoms with Gasteiger partial charge >= 0.3 is 0 Å². The summed E-state index contributed by atoms with van der Waals surface area (Å²) in [5.74, 6) is 0.880. The number of alkyl halides is 2. The van der Waals surface area contributed by atoms with Crippen molar-refractivity contribution in [2.75, 3.05) is 42.4 Å². The molecule has 11 nitrogen and oxygen atoms in total. The van der Waals surface area contributed by atoms with Gasteiger partial charge < -0.3 is 15.5 Å². The van der Waals surface area contributed by atoms with E-state index in [1.807, 2.05) is 29.2 Å². The topological polar surface area (TPSA) is 122 Å². The fourth-order valence-electron chi connectivity index (χ4n) is 4.48. The van der Waals surface area contributed by atoms with E-state index in [9.17, 15) is 17.8 Å². The Bertz CT molecular complexity index is 1720. The van der Waals surface area contributed by atoms with Gasteiger partial charge in [-0.1, -0.05) is 12.1 Å². The standard InChI is InChI=1S/C26H29F2N9O2S/c1-4-13-36-25(38)19-15-30-26(33-24(19)37(36)22-7-5-6-21(32-22)34-40(2,3)39)31-17-8-10-18(11-9-17)35-14-12-29-20(16-35)23(27)28/h4-11,15,20,23,29H,1,12-14,16H2,2-3H3,(H,30,31,33). The molecule has 2 N–H and O–H groups in total. The second-order valence-electron chi connectivity index (χ2n) is 9.56. The Balaban J connectivity index is 1.48. The first kappa shape index (κ1) is 27.4. The summed E-state index contributed by atoms with van der Waals surface area (Å²) in [7, 11) is -2.45. The lowest BCUT2D eigenvalue weighted by Gasteiger charge is -2.34. The van der Waals surface area contributed by atoms with Crippen LogP contribution in [0.5, 0.6) is 0 Å². The lowest BCUT2D eigenvalue weighted by molar-refractivity contribution is 0.0958. The van der Waals surface area contributed by atoms with Crippen LogP contribution in [0, 0.1) is 0 Å². The Morgan fingerprint density at radius 3 is 2.70 bits per heavy atom. The van der Waals surface area contributed by atoms with Gasteiger partial charge in [-0.25, -0.2) is 32.3 Å². The van der Waals surface area contributed by atoms with Gasteiger partial charge in [0.15, 0.2) is 17.3 Å². The molecule has 1 saturated heterocycles. The first-order valence-corrected chi connectivity index (χ1v) is 14.8. The van der Waals surface area contributed by atoms with Gasteiger partial charge in [-0.05, 0) is 36.4 Å². The number of nitrogens with one attached hydrogen (secondary N) is 2. The third-order valence-corrected chi connectivity index (χ3v) is 6.85. The Morgan fingerprint density at radius 1 is 1.23 bits per heavy atom. The molecule has 1 aliphatic heterocycles. The Hall–Kier alpha value is -4.17. The zero-order valence-electron chi connectivity index (χ0n) is 22.0. The summed E-state index contributed by atoms with van der Waals surface area (Å²) in [6.45, 7) is 5.28. The molecule has 0 radical (unpaired) electrons. The van der Waals surface area contributed by atoms with Crippen molar-refractivity contribution in [2.24, 2.45) is 4.36 Å². The monoisotopic (exact) mass is 569 g/mol. The highest BCUT2D eigenvalue weighted by atomic mass is 32.2. The zero-order chi connectivity index (χ0) is 28.4. The van der Waals surface area contributed by atoms with Crippen LogP contribution in [-0.2, 0) is 16.3 Å². The van der Waals surface area contributed by atoms with Crippen molar-refractivity contribution >= 4 is 43.9 Å². The van der Waals surface area contributed by atoms with Gasteiger partial charge in [-0.2, -0.15) is 9.35 Å². The summed E-state index contributed by atoms with van der Waals surface area (Å²) in [5, 5.41) is 6.27. The maximum atomic E-state index is 13.2. The number of aromatic nitrogens is 5. The van der Waals surface area contributed by atoms with Crippen molar-refractivity contribution in [1.82, 2.24) is 29.6 Å². The summed E-state index contributed by atoms with van der Waals surface area (Å²) in [4.78, 5) is 28.6. The number of pyridine rings is 1. The van der Waals surface area contributed by atoms with E-state index in [-0.39, 0.29) is 35.8 Å². The van der Waals surface area contributed by atoms with Crippen molar-refractivity contribution in [3.8, 4) is 5.82 Å². The number of allylic oxidation sites excluding steroid dienone is 1. The van der Waals surface area contributed by atoms with Crippen molar-refractivity contribution in [3.63, 3.8) is 0 Å². The predicted octanol–water partition coefficient (Wildman–Crippen LogP) is 3.31. The number of rotatable bonds is 8. The summed E-state index contributed by atoms with van der Waals surface area (Å²) in [5.41, 5.74) is 1.52. The number of piperazine rings is 1. The molecule has 5 rings (SSSR count). The first-order chi connectivity index (χ1) is 19.1. The lowest BCUT2D eigenvalue weighted by Crippen LogP contribution is -2.53. The highest BCUT2D eigenvalue weighted by molar-refractivity contribution is 7.92. The summed E-state index contributed by atoms with van der Waals surface area (Å²) < 4.78 is 45.7. The number of benzene rings is 1. The summed E-state index contributed by atoms with van der Waals surface area (Å²) in [6, 6.07) is 11.5. The number of anilines is 3. The minimum atomic E-state index is -2.45. The van der Waals surface area contributed by atoms with Gasteiger partial charge in [-0.15, -0.1) is 6.58 Å². The van der Waals surface area contributed by atoms with Crippen LogP contribution in [-0.4, -0.2) is 73.1 Å². The number of nitrogens with zero attached hydrogens (tertiary/aromatic N) is 7. The maximum Gasteiger partial charge on any atom is 0.278 e. The quantitative estimate of drug-likeness (QED) is 0.310. The van der Waals surface area contributed by atoms with Gasteiger partial charge in [0.05, 0.1) is 12.6 Å². The van der Waals surface area contributed by atoms with Gasteiger partial charge in [0.1, 0.15) is 5.39 Å². The van der Waals surface area contributed by atoms with Crippen molar-refractivity contribution in [1.29, 1.82) is 0 Å². The number of hydrogen-bond acceptors (Lipinski definition) is 9. The number of halogens is 2. The molecule has 40 heavy (non-hydrogen) atoms. The second kappa shape index (κ2) is 11.1. The second-order valence-corrected chi connectivity index (χ2v) is 12.1. The van der Waals surface area contributed by atoms with Gasteiger partial charge in [0.2, 0.25) is 5.95 Å². The predicted molar refractivity (Wildman–Crippen MR) is 153 cm³/mol. The molecule has 1 fully saturated rings. The molecule has 210 valence electrons. The Kier molecular flexibility index (Phi) is 7.63. The van der Waals surface area contributed by atoms with E-state index >= 15 is 0 Å². The van der Waals surface area contributed by atoms with E-state index in [2.05, 4.69) is 36.5 Å². The number of hydrogen-bond donors (Lipinski definition) is 2. The molecule has 0 aliphatic carbocycles. The average Bonchev–Trinajstić information content (AvgIpc) is 3.19. The molecule has 0 saturated carbocycles. The molecule has 1 atom stereocenters. The molecule has 0 spiro atoms. The molecular formula is C26H29F2N9O2S. The van der Waals surface area contributed by atoms with E-state index < -0.39 is 22.2 Å². The molecule has 14 heteroatoms. The van der Waals surface area contributed by atoms with Crippen molar-refractivity contribution in [2.45, 2.75) is 19.0 Å². The Morgan fingerprint density at radius 2 is 2.00 bits per heavy atom. The van der Waals surface area contributed by atoms with Crippen LogP contribution >= 0.6 is 0 Å². The highest BCUT2D eigenvalue weighted by Gasteiger charge is 2.26. The molecule has 4 heterocycles. The smallest absolute Gasteiger partial charge is 0.278 e. The third kappa shape index (κ3) is 5.87. The largest absolute Gasteiger partial charge is 0.368 e. The molecule has 0 amide bonds. The first-order valence-electron chi connectivity index (χ1n) is 12.5. The minimum absolute atomic E-state index is 0.194. The van der Waals surface area contributed by atoms with E-state index in [1.54, 1.807) is 29.0 Å². The van der Waals surface area contributed by atoms with E-state index in [0.29, 0.717) is 30.2 Å². The van der Waals surface area contributed by atoms with E-state index in [1.165, 1.54) is 23.4 Å². The van der Waals surface area contributed by atoms with Crippen LogP contribution in [0.15, 0.2) is 70.5 Å². The minimum Gasteiger partial charge on any atom is -0.368 e. The van der Waals surface area contributed by atoms with E-state index in [0.717, 1.165) is 5.69 Å².